The van der Waals surface area contributed by atoms with Crippen LogP contribution < -0.4 is 10.6 Å². The Balaban J connectivity index is 1.17. The van der Waals surface area contributed by atoms with Gasteiger partial charge in [0.2, 0.25) is 0 Å². The molecule has 1 aliphatic heterocycles. The smallest absolute Gasteiger partial charge is 0.335 e. The molecule has 1 unspecified atom stereocenters. The van der Waals surface area contributed by atoms with Gasteiger partial charge in [0, 0.05) is 25.2 Å². The second-order valence-corrected chi connectivity index (χ2v) is 18.7. The van der Waals surface area contributed by atoms with Gasteiger partial charge in [0.15, 0.2) is 0 Å². The molecule has 1 saturated heterocycles. The Morgan fingerprint density at radius 1 is 0.854 bits per heavy atom. The van der Waals surface area contributed by atoms with Gasteiger partial charge in [-0.05, 0) is 159 Å². The maximum Gasteiger partial charge on any atom is 0.335 e. The molecule has 0 spiro atoms. The van der Waals surface area contributed by atoms with Crippen LogP contribution in [0.2, 0.25) is 0 Å². The second-order valence-electron chi connectivity index (χ2n) is 18.7. The molecule has 6 aliphatic rings. The second kappa shape index (κ2) is 11.9. The average Bonchev–Trinajstić information content (AvgIpc) is 3.20. The minimum Gasteiger partial charge on any atom is -0.478 e. The van der Waals surface area contributed by atoms with Gasteiger partial charge in [0.25, 0.3) is 0 Å². The quantitative estimate of drug-likeness (QED) is 0.283. The fourth-order valence-electron chi connectivity index (χ4n) is 14.2. The number of hydrogen-bond acceptors (Lipinski definition) is 3. The van der Waals surface area contributed by atoms with E-state index in [1.165, 1.54) is 56.1 Å². The van der Waals surface area contributed by atoms with Crippen molar-refractivity contribution in [2.75, 3.05) is 26.2 Å². The topological polar surface area (TPSA) is 81.7 Å². The van der Waals surface area contributed by atoms with Gasteiger partial charge in [-0.15, -0.1) is 0 Å². The highest BCUT2D eigenvalue weighted by molar-refractivity contribution is 5.87. The number of allylic oxidation sites excluding steroid dienone is 1. The van der Waals surface area contributed by atoms with Crippen LogP contribution in [0, 0.1) is 51.2 Å². The molecule has 6 fully saturated rings. The van der Waals surface area contributed by atoms with E-state index in [1.807, 2.05) is 0 Å². The van der Waals surface area contributed by atoms with Crippen LogP contribution in [0.3, 0.4) is 0 Å². The summed E-state index contributed by atoms with van der Waals surface area (Å²) < 4.78 is 0. The SMILES string of the molecule is C=C(C)[C@@H]1CC[C@]2(NC(=O)N3CCCNCC3)CC[C@]3(C)[C@H](CC[C@@H]4[C@@]5(C)CCC(c6ccc(C(=O)O)cc6)C(C)(C)[C@@H]5CC[C@]43C)[C@@H]12. The standard InChI is InChI=1S/C42H63N3O3/c1-27(2)30-15-20-42(44-37(48)45-25-8-23-43-24-26-45)22-21-40(6)32(35(30)42)13-14-34-39(5)18-16-31(28-9-11-29(12-10-28)36(46)47)38(3,4)33(39)17-19-41(34,40)7/h9-12,30-35,43H,1,8,13-26H2,2-7H3,(H,44,48)(H,46,47)/t30-,31?,32+,33-,34+,35+,39-,40+,41+,42-/m0/s1. The number of carbonyl (C=O) groups excluding carboxylic acids is 1. The highest BCUT2D eigenvalue weighted by Gasteiger charge is 2.71. The summed E-state index contributed by atoms with van der Waals surface area (Å²) >= 11 is 0. The fourth-order valence-corrected chi connectivity index (χ4v) is 14.2. The molecule has 1 aromatic rings. The Morgan fingerprint density at radius 3 is 2.31 bits per heavy atom. The molecule has 1 aromatic carbocycles. The Morgan fingerprint density at radius 2 is 1.60 bits per heavy atom. The molecule has 0 radical (unpaired) electrons. The number of benzene rings is 1. The van der Waals surface area contributed by atoms with Crippen LogP contribution in [0.15, 0.2) is 36.4 Å². The molecule has 1 heterocycles. The fraction of sp³-hybridized carbons (Fsp3) is 0.762. The molecule has 5 aliphatic carbocycles. The number of nitrogens with one attached hydrogen (secondary N) is 2. The van der Waals surface area contributed by atoms with Crippen molar-refractivity contribution in [2.24, 2.45) is 51.2 Å². The summed E-state index contributed by atoms with van der Waals surface area (Å²) in [6, 6.07) is 7.96. The van der Waals surface area contributed by atoms with E-state index in [4.69, 9.17) is 0 Å². The summed E-state index contributed by atoms with van der Waals surface area (Å²) in [4.78, 5) is 27.6. The number of aromatic carboxylic acids is 1. The number of nitrogens with zero attached hydrogens (tertiary/aromatic N) is 1. The lowest BCUT2D eigenvalue weighted by Gasteiger charge is -2.73. The summed E-state index contributed by atoms with van der Waals surface area (Å²) in [6.07, 6.45) is 13.1. The highest BCUT2D eigenvalue weighted by Crippen LogP contribution is 2.77. The molecule has 6 heteroatoms. The number of fused-ring (bicyclic) bond motifs is 7. The van der Waals surface area contributed by atoms with Gasteiger partial charge in [-0.25, -0.2) is 9.59 Å². The largest absolute Gasteiger partial charge is 0.478 e. The van der Waals surface area contributed by atoms with Crippen LogP contribution in [-0.4, -0.2) is 53.7 Å². The van der Waals surface area contributed by atoms with Gasteiger partial charge in [0.1, 0.15) is 0 Å². The minimum atomic E-state index is -0.850. The third-order valence-corrected chi connectivity index (χ3v) is 16.6. The van der Waals surface area contributed by atoms with Gasteiger partial charge in [-0.2, -0.15) is 0 Å². The van der Waals surface area contributed by atoms with Crippen molar-refractivity contribution in [2.45, 2.75) is 124 Å². The van der Waals surface area contributed by atoms with Crippen LogP contribution in [0.25, 0.3) is 0 Å². The lowest BCUT2D eigenvalue weighted by Crippen LogP contribution is -2.69. The molecule has 7 rings (SSSR count). The van der Waals surface area contributed by atoms with Crippen LogP contribution in [0.5, 0.6) is 0 Å². The monoisotopic (exact) mass is 657 g/mol. The van der Waals surface area contributed by atoms with Crippen molar-refractivity contribution in [3.8, 4) is 0 Å². The first-order valence-electron chi connectivity index (χ1n) is 19.4. The summed E-state index contributed by atoms with van der Waals surface area (Å²) in [5, 5.41) is 16.8. The van der Waals surface area contributed by atoms with E-state index in [1.54, 1.807) is 12.1 Å². The van der Waals surface area contributed by atoms with Crippen LogP contribution in [0.4, 0.5) is 4.79 Å². The number of urea groups is 1. The molecule has 48 heavy (non-hydrogen) atoms. The predicted molar refractivity (Wildman–Crippen MR) is 193 cm³/mol. The first-order valence-corrected chi connectivity index (χ1v) is 19.4. The van der Waals surface area contributed by atoms with Crippen molar-refractivity contribution in [1.82, 2.24) is 15.5 Å². The van der Waals surface area contributed by atoms with Gasteiger partial charge in [-0.3, -0.25) is 0 Å². The Hall–Kier alpha value is -2.34. The molecule has 10 atom stereocenters. The number of carboxylic acid groups (broad SMARTS) is 1. The van der Waals surface area contributed by atoms with E-state index in [9.17, 15) is 14.7 Å². The van der Waals surface area contributed by atoms with E-state index in [-0.39, 0.29) is 33.2 Å². The zero-order chi connectivity index (χ0) is 34.3. The number of rotatable bonds is 4. The summed E-state index contributed by atoms with van der Waals surface area (Å²) in [5.41, 5.74) is 3.82. The van der Waals surface area contributed by atoms with Crippen molar-refractivity contribution in [3.63, 3.8) is 0 Å². The third kappa shape index (κ3) is 4.95. The Labute approximate surface area is 290 Å². The maximum atomic E-state index is 13.9. The molecule has 3 N–H and O–H groups in total. The van der Waals surface area contributed by atoms with Crippen molar-refractivity contribution >= 4 is 12.0 Å². The van der Waals surface area contributed by atoms with Crippen LogP contribution in [-0.2, 0) is 0 Å². The first-order chi connectivity index (χ1) is 22.7. The molecule has 5 saturated carbocycles. The van der Waals surface area contributed by atoms with Gasteiger partial charge in [0.05, 0.1) is 5.56 Å². The van der Waals surface area contributed by atoms with Crippen LogP contribution in [0.1, 0.15) is 134 Å². The number of amides is 2. The van der Waals surface area contributed by atoms with Crippen LogP contribution >= 0.6 is 0 Å². The Bertz CT molecular complexity index is 1430. The molecule has 6 nitrogen and oxygen atoms in total. The van der Waals surface area contributed by atoms with Gasteiger partial charge < -0.3 is 20.6 Å². The van der Waals surface area contributed by atoms with Crippen molar-refractivity contribution < 1.29 is 14.7 Å². The van der Waals surface area contributed by atoms with Crippen molar-refractivity contribution in [1.29, 1.82) is 0 Å². The lowest BCUT2D eigenvalue weighted by atomic mass is 9.32. The number of hydrogen-bond donors (Lipinski definition) is 3. The highest BCUT2D eigenvalue weighted by atomic mass is 16.4. The minimum absolute atomic E-state index is 0.120. The summed E-state index contributed by atoms with van der Waals surface area (Å²) in [7, 11) is 0. The van der Waals surface area contributed by atoms with E-state index < -0.39 is 5.97 Å². The molecule has 2 amide bonds. The van der Waals surface area contributed by atoms with E-state index in [0.29, 0.717) is 41.1 Å². The summed E-state index contributed by atoms with van der Waals surface area (Å²) in [5.74, 6) is 2.47. The third-order valence-electron chi connectivity index (χ3n) is 16.6. The molecule has 0 bridgehead atoms. The number of carbonyl (C=O) groups is 2. The zero-order valence-corrected chi connectivity index (χ0v) is 30.8. The van der Waals surface area contributed by atoms with Crippen molar-refractivity contribution in [3.05, 3.63) is 47.5 Å². The van der Waals surface area contributed by atoms with E-state index in [0.717, 1.165) is 51.9 Å². The molecule has 0 aromatic heterocycles. The molecular weight excluding hydrogens is 594 g/mol. The summed E-state index contributed by atoms with van der Waals surface area (Å²) in [6.45, 7) is 23.4. The van der Waals surface area contributed by atoms with E-state index in [2.05, 4.69) is 75.8 Å². The Kier molecular flexibility index (Phi) is 8.44. The first kappa shape index (κ1) is 34.1. The van der Waals surface area contributed by atoms with Gasteiger partial charge >= 0.3 is 12.0 Å². The molecule has 264 valence electrons. The lowest BCUT2D eigenvalue weighted by molar-refractivity contribution is -0.233. The maximum absolute atomic E-state index is 13.9. The van der Waals surface area contributed by atoms with E-state index >= 15 is 0 Å². The normalized spacial score (nSPS) is 43.5. The average molecular weight is 658 g/mol. The predicted octanol–water partition coefficient (Wildman–Crippen LogP) is 8.88. The number of carboxylic acids is 1. The molecular formula is C42H63N3O3. The van der Waals surface area contributed by atoms with Gasteiger partial charge in [-0.1, -0.05) is 58.9 Å². The zero-order valence-electron chi connectivity index (χ0n) is 30.8.